The third-order valence-electron chi connectivity index (χ3n) is 3.65. The number of guanidine groups is 1. The number of ether oxygens (including phenoxy) is 1. The lowest BCUT2D eigenvalue weighted by atomic mass is 10.1. The van der Waals surface area contributed by atoms with Gasteiger partial charge in [0.25, 0.3) is 0 Å². The van der Waals surface area contributed by atoms with Gasteiger partial charge in [-0.25, -0.2) is 9.18 Å². The van der Waals surface area contributed by atoms with Crippen molar-refractivity contribution in [2.24, 2.45) is 4.99 Å². The monoisotopic (exact) mass is 475 g/mol. The fourth-order valence-electron chi connectivity index (χ4n) is 2.31. The number of esters is 1. The molecule has 0 atom stereocenters. The molecule has 0 aliphatic rings. The lowest BCUT2D eigenvalue weighted by Crippen LogP contribution is -2.37. The highest BCUT2D eigenvalue weighted by Gasteiger charge is 2.15. The Morgan fingerprint density at radius 3 is 2.58 bits per heavy atom. The van der Waals surface area contributed by atoms with Crippen LogP contribution in [0.3, 0.4) is 0 Å². The molecule has 1 aromatic heterocycles. The molecular weight excluding hydrogens is 452 g/mol. The average molecular weight is 475 g/mol. The fraction of sp³-hybridized carbons (Fsp3) is 0.333. The van der Waals surface area contributed by atoms with Crippen LogP contribution in [-0.4, -0.2) is 32.6 Å². The third-order valence-corrected chi connectivity index (χ3v) is 3.65. The van der Waals surface area contributed by atoms with Gasteiger partial charge >= 0.3 is 5.97 Å². The van der Waals surface area contributed by atoms with Gasteiger partial charge in [0.2, 0.25) is 0 Å². The summed E-state index contributed by atoms with van der Waals surface area (Å²) in [6, 6.07) is 8.06. The van der Waals surface area contributed by atoms with E-state index in [9.17, 15) is 9.18 Å². The fourth-order valence-corrected chi connectivity index (χ4v) is 2.31. The Balaban J connectivity index is 0.00000338. The number of halogens is 2. The number of hydrogen-bond donors (Lipinski definition) is 2. The van der Waals surface area contributed by atoms with Gasteiger partial charge in [-0.3, -0.25) is 4.99 Å². The Morgan fingerprint density at radius 1 is 1.27 bits per heavy atom. The number of carbonyl (C=O) groups excluding carboxylic acids is 1. The van der Waals surface area contributed by atoms with Gasteiger partial charge in [-0.2, -0.15) is 0 Å². The Kier molecular flexibility index (Phi) is 9.11. The molecule has 0 bridgehead atoms. The van der Waals surface area contributed by atoms with E-state index in [4.69, 9.17) is 9.15 Å². The van der Waals surface area contributed by atoms with Crippen LogP contribution in [-0.2, 0) is 17.7 Å². The summed E-state index contributed by atoms with van der Waals surface area (Å²) in [6.45, 7) is 2.75. The molecule has 0 radical (unpaired) electrons. The molecule has 0 amide bonds. The van der Waals surface area contributed by atoms with E-state index in [1.165, 1.54) is 19.2 Å². The lowest BCUT2D eigenvalue weighted by Gasteiger charge is -2.11. The molecular formula is C18H23FIN3O3. The molecule has 0 saturated heterocycles. The second-order valence-corrected chi connectivity index (χ2v) is 5.40. The van der Waals surface area contributed by atoms with E-state index >= 15 is 0 Å². The Labute approximate surface area is 169 Å². The minimum atomic E-state index is -0.422. The van der Waals surface area contributed by atoms with Crippen molar-refractivity contribution in [1.29, 1.82) is 0 Å². The first-order valence-corrected chi connectivity index (χ1v) is 7.90. The second-order valence-electron chi connectivity index (χ2n) is 5.40. The van der Waals surface area contributed by atoms with Crippen molar-refractivity contribution in [2.75, 3.05) is 20.7 Å². The minimum Gasteiger partial charge on any atom is -0.465 e. The highest BCUT2D eigenvalue weighted by atomic mass is 127. The standard InChI is InChI=1S/C18H22FN3O3.HI/c1-12-16(17(23)24-3)10-15(25-12)11-22-18(20-2)21-9-8-13-4-6-14(19)7-5-13;/h4-7,10H,8-9,11H2,1-3H3,(H2,20,21,22);1H. The van der Waals surface area contributed by atoms with E-state index in [2.05, 4.69) is 15.6 Å². The predicted octanol–water partition coefficient (Wildman–Crippen LogP) is 3.04. The second kappa shape index (κ2) is 10.8. The van der Waals surface area contributed by atoms with E-state index < -0.39 is 5.97 Å². The van der Waals surface area contributed by atoms with Gasteiger partial charge in [-0.1, -0.05) is 12.1 Å². The Bertz CT molecular complexity index is 745. The summed E-state index contributed by atoms with van der Waals surface area (Å²) < 4.78 is 23.1. The first-order valence-electron chi connectivity index (χ1n) is 7.90. The number of benzene rings is 1. The minimum absolute atomic E-state index is 0. The SMILES string of the molecule is CN=C(NCCc1ccc(F)cc1)NCc1cc(C(=O)OC)c(C)o1.I. The molecule has 0 fully saturated rings. The molecule has 6 nitrogen and oxygen atoms in total. The molecule has 142 valence electrons. The van der Waals surface area contributed by atoms with Crippen LogP contribution in [0, 0.1) is 12.7 Å². The van der Waals surface area contributed by atoms with E-state index in [0.29, 0.717) is 36.1 Å². The smallest absolute Gasteiger partial charge is 0.341 e. The molecule has 8 heteroatoms. The van der Waals surface area contributed by atoms with Crippen LogP contribution in [0.15, 0.2) is 39.7 Å². The van der Waals surface area contributed by atoms with Crippen molar-refractivity contribution >= 4 is 35.9 Å². The molecule has 0 aliphatic carbocycles. The molecule has 26 heavy (non-hydrogen) atoms. The van der Waals surface area contributed by atoms with Gasteiger partial charge in [0.05, 0.1) is 13.7 Å². The van der Waals surface area contributed by atoms with E-state index in [-0.39, 0.29) is 29.8 Å². The van der Waals surface area contributed by atoms with E-state index in [1.807, 2.05) is 0 Å². The molecule has 2 rings (SSSR count). The number of hydrogen-bond acceptors (Lipinski definition) is 4. The van der Waals surface area contributed by atoms with Crippen LogP contribution in [0.1, 0.15) is 27.4 Å². The van der Waals surface area contributed by atoms with E-state index in [0.717, 1.165) is 12.0 Å². The number of methoxy groups -OCH3 is 1. The van der Waals surface area contributed by atoms with Crippen molar-refractivity contribution < 1.29 is 18.3 Å². The highest BCUT2D eigenvalue weighted by molar-refractivity contribution is 14.0. The van der Waals surface area contributed by atoms with Crippen LogP contribution >= 0.6 is 24.0 Å². The lowest BCUT2D eigenvalue weighted by molar-refractivity contribution is 0.0599. The van der Waals surface area contributed by atoms with Crippen LogP contribution in [0.2, 0.25) is 0 Å². The molecule has 1 heterocycles. The largest absolute Gasteiger partial charge is 0.465 e. The van der Waals surface area contributed by atoms with Gasteiger partial charge in [0.15, 0.2) is 5.96 Å². The quantitative estimate of drug-likeness (QED) is 0.291. The number of rotatable bonds is 6. The number of nitrogens with zero attached hydrogens (tertiary/aromatic N) is 1. The number of furan rings is 1. The summed E-state index contributed by atoms with van der Waals surface area (Å²) in [6.07, 6.45) is 0.743. The summed E-state index contributed by atoms with van der Waals surface area (Å²) in [7, 11) is 3.00. The van der Waals surface area contributed by atoms with Gasteiger partial charge in [0, 0.05) is 13.6 Å². The molecule has 1 aromatic carbocycles. The van der Waals surface area contributed by atoms with Gasteiger partial charge in [-0.05, 0) is 37.1 Å². The maximum atomic E-state index is 12.9. The van der Waals surface area contributed by atoms with Crippen molar-refractivity contribution in [1.82, 2.24) is 10.6 Å². The topological polar surface area (TPSA) is 75.9 Å². The molecule has 0 saturated carbocycles. The van der Waals surface area contributed by atoms with Crippen molar-refractivity contribution in [2.45, 2.75) is 19.9 Å². The normalized spacial score (nSPS) is 10.8. The highest BCUT2D eigenvalue weighted by Crippen LogP contribution is 2.15. The van der Waals surface area contributed by atoms with Gasteiger partial charge < -0.3 is 19.8 Å². The van der Waals surface area contributed by atoms with Gasteiger partial charge in [-0.15, -0.1) is 24.0 Å². The molecule has 2 aromatic rings. The molecule has 2 N–H and O–H groups in total. The number of nitrogens with one attached hydrogen (secondary N) is 2. The predicted molar refractivity (Wildman–Crippen MR) is 109 cm³/mol. The van der Waals surface area contributed by atoms with Crippen LogP contribution in [0.25, 0.3) is 0 Å². The number of carbonyl (C=O) groups is 1. The van der Waals surface area contributed by atoms with E-state index in [1.54, 1.807) is 32.2 Å². The average Bonchev–Trinajstić information content (AvgIpc) is 2.99. The van der Waals surface area contributed by atoms with Crippen molar-refractivity contribution in [3.05, 3.63) is 58.8 Å². The van der Waals surface area contributed by atoms with Crippen LogP contribution in [0.5, 0.6) is 0 Å². The van der Waals surface area contributed by atoms with Gasteiger partial charge in [0.1, 0.15) is 22.9 Å². The first kappa shape index (κ1) is 21.9. The zero-order chi connectivity index (χ0) is 18.2. The Hall–Kier alpha value is -2.10. The zero-order valence-corrected chi connectivity index (χ0v) is 17.3. The van der Waals surface area contributed by atoms with Crippen molar-refractivity contribution in [3.63, 3.8) is 0 Å². The third kappa shape index (κ3) is 6.32. The molecule has 0 spiro atoms. The number of aliphatic imine (C=N–C) groups is 1. The Morgan fingerprint density at radius 2 is 1.96 bits per heavy atom. The summed E-state index contributed by atoms with van der Waals surface area (Å²) in [4.78, 5) is 15.7. The molecule has 0 aliphatic heterocycles. The summed E-state index contributed by atoms with van der Waals surface area (Å²) in [5.41, 5.74) is 1.45. The van der Waals surface area contributed by atoms with Crippen molar-refractivity contribution in [3.8, 4) is 0 Å². The zero-order valence-electron chi connectivity index (χ0n) is 15.0. The summed E-state index contributed by atoms with van der Waals surface area (Å²) >= 11 is 0. The molecule has 0 unspecified atom stereocenters. The maximum Gasteiger partial charge on any atom is 0.341 e. The maximum absolute atomic E-state index is 12.9. The number of aryl methyl sites for hydroxylation is 1. The van der Waals surface area contributed by atoms with Crippen LogP contribution in [0.4, 0.5) is 4.39 Å². The first-order chi connectivity index (χ1) is 12.0. The summed E-state index contributed by atoms with van der Waals surface area (Å²) in [5, 5.41) is 6.28. The summed E-state index contributed by atoms with van der Waals surface area (Å²) in [5.74, 6) is 1.07. The van der Waals surface area contributed by atoms with Crippen LogP contribution < -0.4 is 10.6 Å².